The Morgan fingerprint density at radius 2 is 2.44 bits per heavy atom. The average molecular weight is 251 g/mol. The van der Waals surface area contributed by atoms with E-state index in [1.807, 2.05) is 13.0 Å². The highest BCUT2D eigenvalue weighted by molar-refractivity contribution is 5.92. The van der Waals surface area contributed by atoms with Crippen LogP contribution in [0.3, 0.4) is 0 Å². The number of hydrogen-bond donors (Lipinski definition) is 2. The summed E-state index contributed by atoms with van der Waals surface area (Å²) in [5.74, 6) is 0.946. The number of aromatic nitrogens is 2. The van der Waals surface area contributed by atoms with Crippen LogP contribution in [0.1, 0.15) is 45.2 Å². The maximum absolute atomic E-state index is 12.1. The van der Waals surface area contributed by atoms with Crippen LogP contribution in [-0.4, -0.2) is 28.8 Å². The quantitative estimate of drug-likeness (QED) is 0.862. The molecule has 0 radical (unpaired) electrons. The van der Waals surface area contributed by atoms with Crippen molar-refractivity contribution in [3.8, 4) is 0 Å². The normalized spacial score (nSPS) is 23.6. The van der Waals surface area contributed by atoms with Crippen LogP contribution in [0.2, 0.25) is 0 Å². The molecule has 1 aromatic heterocycles. The Morgan fingerprint density at radius 1 is 1.67 bits per heavy atom. The van der Waals surface area contributed by atoms with Crippen LogP contribution in [0.15, 0.2) is 6.07 Å². The van der Waals surface area contributed by atoms with E-state index in [9.17, 15) is 4.79 Å². The summed E-state index contributed by atoms with van der Waals surface area (Å²) in [6.07, 6.45) is 1.72. The van der Waals surface area contributed by atoms with E-state index in [1.54, 1.807) is 0 Å². The highest BCUT2D eigenvalue weighted by atomic mass is 16.5. The molecule has 1 aliphatic heterocycles. The Bertz CT molecular complexity index is 414. The second kappa shape index (κ2) is 5.52. The van der Waals surface area contributed by atoms with Gasteiger partial charge in [-0.05, 0) is 18.8 Å². The molecule has 2 rings (SSSR count). The van der Waals surface area contributed by atoms with Crippen molar-refractivity contribution < 1.29 is 9.53 Å². The van der Waals surface area contributed by atoms with Crippen molar-refractivity contribution in [2.24, 2.45) is 5.92 Å². The Morgan fingerprint density at radius 3 is 3.06 bits per heavy atom. The third-order valence-electron chi connectivity index (χ3n) is 3.42. The minimum Gasteiger partial charge on any atom is -0.377 e. The number of carbonyl (C=O) groups excluding carboxylic acids is 1. The molecule has 0 aromatic carbocycles. The molecular weight excluding hydrogens is 230 g/mol. The SMILES string of the molecule is CCC1OCCC1C(=O)Nc1cc(C(C)C)[nH]n1. The molecule has 2 heterocycles. The first-order chi connectivity index (χ1) is 8.61. The van der Waals surface area contributed by atoms with Gasteiger partial charge >= 0.3 is 0 Å². The Kier molecular flexibility index (Phi) is 4.01. The first-order valence-electron chi connectivity index (χ1n) is 6.59. The second-order valence-corrected chi connectivity index (χ2v) is 5.07. The van der Waals surface area contributed by atoms with E-state index < -0.39 is 0 Å². The number of ether oxygens (including phenoxy) is 1. The lowest BCUT2D eigenvalue weighted by atomic mass is 9.99. The Labute approximate surface area is 107 Å². The lowest BCUT2D eigenvalue weighted by Gasteiger charge is -2.15. The molecule has 1 saturated heterocycles. The first kappa shape index (κ1) is 13.1. The molecule has 100 valence electrons. The van der Waals surface area contributed by atoms with Crippen molar-refractivity contribution in [2.45, 2.75) is 45.6 Å². The van der Waals surface area contributed by atoms with Crippen LogP contribution in [0.5, 0.6) is 0 Å². The third-order valence-corrected chi connectivity index (χ3v) is 3.42. The Hall–Kier alpha value is -1.36. The van der Waals surface area contributed by atoms with Crippen LogP contribution >= 0.6 is 0 Å². The van der Waals surface area contributed by atoms with Crippen LogP contribution in [0.4, 0.5) is 5.82 Å². The van der Waals surface area contributed by atoms with E-state index in [0.29, 0.717) is 18.3 Å². The topological polar surface area (TPSA) is 67.0 Å². The number of hydrogen-bond acceptors (Lipinski definition) is 3. The molecule has 0 aliphatic carbocycles. The monoisotopic (exact) mass is 251 g/mol. The molecule has 0 saturated carbocycles. The predicted molar refractivity (Wildman–Crippen MR) is 69.4 cm³/mol. The van der Waals surface area contributed by atoms with Gasteiger partial charge in [0.1, 0.15) is 0 Å². The van der Waals surface area contributed by atoms with Gasteiger partial charge in [-0.25, -0.2) is 0 Å². The van der Waals surface area contributed by atoms with Gasteiger partial charge < -0.3 is 10.1 Å². The van der Waals surface area contributed by atoms with Crippen molar-refractivity contribution in [1.29, 1.82) is 0 Å². The summed E-state index contributed by atoms with van der Waals surface area (Å²) < 4.78 is 5.53. The summed E-state index contributed by atoms with van der Waals surface area (Å²) in [5.41, 5.74) is 1.03. The number of H-pyrrole nitrogens is 1. The molecule has 18 heavy (non-hydrogen) atoms. The van der Waals surface area contributed by atoms with Crippen LogP contribution < -0.4 is 5.32 Å². The maximum Gasteiger partial charge on any atom is 0.231 e. The first-order valence-corrected chi connectivity index (χ1v) is 6.59. The fourth-order valence-corrected chi connectivity index (χ4v) is 2.27. The van der Waals surface area contributed by atoms with Gasteiger partial charge in [0.25, 0.3) is 0 Å². The molecule has 1 aliphatic rings. The zero-order chi connectivity index (χ0) is 13.1. The number of nitrogens with zero attached hydrogens (tertiary/aromatic N) is 1. The number of nitrogens with one attached hydrogen (secondary N) is 2. The molecule has 1 amide bonds. The van der Waals surface area contributed by atoms with Gasteiger partial charge in [0.15, 0.2) is 5.82 Å². The fourth-order valence-electron chi connectivity index (χ4n) is 2.27. The van der Waals surface area contributed by atoms with Gasteiger partial charge in [0.05, 0.1) is 12.0 Å². The van der Waals surface area contributed by atoms with Crippen molar-refractivity contribution in [2.75, 3.05) is 11.9 Å². The molecule has 5 heteroatoms. The summed E-state index contributed by atoms with van der Waals surface area (Å²) in [6, 6.07) is 1.89. The summed E-state index contributed by atoms with van der Waals surface area (Å²) in [6.45, 7) is 6.88. The molecule has 1 fully saturated rings. The van der Waals surface area contributed by atoms with E-state index in [1.165, 1.54) is 0 Å². The largest absolute Gasteiger partial charge is 0.377 e. The fraction of sp³-hybridized carbons (Fsp3) is 0.692. The average Bonchev–Trinajstić information content (AvgIpc) is 2.96. The van der Waals surface area contributed by atoms with E-state index in [-0.39, 0.29) is 17.9 Å². The molecule has 2 atom stereocenters. The third kappa shape index (κ3) is 2.72. The van der Waals surface area contributed by atoms with E-state index >= 15 is 0 Å². The van der Waals surface area contributed by atoms with Gasteiger partial charge in [-0.3, -0.25) is 9.89 Å². The van der Waals surface area contributed by atoms with Gasteiger partial charge in [0.2, 0.25) is 5.91 Å². The van der Waals surface area contributed by atoms with Gasteiger partial charge in [-0.15, -0.1) is 0 Å². The van der Waals surface area contributed by atoms with E-state index in [2.05, 4.69) is 29.4 Å². The summed E-state index contributed by atoms with van der Waals surface area (Å²) in [4.78, 5) is 12.1. The molecule has 2 unspecified atom stereocenters. The summed E-state index contributed by atoms with van der Waals surface area (Å²) >= 11 is 0. The van der Waals surface area contributed by atoms with Crippen LogP contribution in [-0.2, 0) is 9.53 Å². The van der Waals surface area contributed by atoms with Crippen molar-refractivity contribution in [3.63, 3.8) is 0 Å². The van der Waals surface area contributed by atoms with Crippen molar-refractivity contribution in [1.82, 2.24) is 10.2 Å². The van der Waals surface area contributed by atoms with Gasteiger partial charge in [0, 0.05) is 18.4 Å². The van der Waals surface area contributed by atoms with Gasteiger partial charge in [-0.1, -0.05) is 20.8 Å². The summed E-state index contributed by atoms with van der Waals surface area (Å²) in [7, 11) is 0. The molecule has 5 nitrogen and oxygen atoms in total. The summed E-state index contributed by atoms with van der Waals surface area (Å²) in [5, 5.41) is 9.89. The van der Waals surface area contributed by atoms with Crippen LogP contribution in [0, 0.1) is 5.92 Å². The predicted octanol–water partition coefficient (Wildman–Crippen LogP) is 2.29. The van der Waals surface area contributed by atoms with Crippen molar-refractivity contribution >= 4 is 11.7 Å². The zero-order valence-corrected chi connectivity index (χ0v) is 11.2. The maximum atomic E-state index is 12.1. The molecule has 2 N–H and O–H groups in total. The number of rotatable bonds is 4. The van der Waals surface area contributed by atoms with Crippen LogP contribution in [0.25, 0.3) is 0 Å². The van der Waals surface area contributed by atoms with Gasteiger partial charge in [-0.2, -0.15) is 5.10 Å². The minimum atomic E-state index is -0.0470. The number of carbonyl (C=O) groups is 1. The molecular formula is C13H21N3O2. The lowest BCUT2D eigenvalue weighted by molar-refractivity contribution is -0.121. The number of amides is 1. The molecule has 0 bridgehead atoms. The Balaban J connectivity index is 1.98. The standard InChI is InChI=1S/C13H21N3O2/c1-4-11-9(5-6-18-11)13(17)14-12-7-10(8(2)3)15-16-12/h7-9,11H,4-6H2,1-3H3,(H2,14,15,16,17). The molecule has 1 aromatic rings. The minimum absolute atomic E-state index is 0.0150. The second-order valence-electron chi connectivity index (χ2n) is 5.07. The van der Waals surface area contributed by atoms with E-state index in [0.717, 1.165) is 18.5 Å². The number of anilines is 1. The zero-order valence-electron chi connectivity index (χ0n) is 11.2. The van der Waals surface area contributed by atoms with Crippen molar-refractivity contribution in [3.05, 3.63) is 11.8 Å². The highest BCUT2D eigenvalue weighted by Gasteiger charge is 2.33. The smallest absolute Gasteiger partial charge is 0.231 e. The highest BCUT2D eigenvalue weighted by Crippen LogP contribution is 2.25. The molecule has 0 spiro atoms. The van der Waals surface area contributed by atoms with E-state index in [4.69, 9.17) is 4.74 Å². The number of aromatic amines is 1. The lowest BCUT2D eigenvalue weighted by Crippen LogP contribution is -2.29.